The highest BCUT2D eigenvalue weighted by atomic mass is 32.1. The molecule has 0 spiro atoms. The lowest BCUT2D eigenvalue weighted by Gasteiger charge is -2.31. The number of rotatable bonds is 4. The number of aromatic nitrogens is 3. The zero-order valence-electron chi connectivity index (χ0n) is 13.6. The molecule has 1 fully saturated rings. The maximum atomic E-state index is 12.8. The van der Waals surface area contributed by atoms with E-state index in [9.17, 15) is 4.79 Å². The number of nitrogens with one attached hydrogen (secondary N) is 1. The molecular formula is C15H21N5O2S. The minimum Gasteiger partial charge on any atom is -0.362 e. The first-order valence-electron chi connectivity index (χ1n) is 7.89. The quantitative estimate of drug-likeness (QED) is 0.924. The van der Waals surface area contributed by atoms with E-state index in [2.05, 4.69) is 20.4 Å². The molecule has 0 aromatic carbocycles. The standard InChI is InChI=1S/C15H21N5O2S/c1-4-16-15-17-9(2)12(23-15)14(21)20-7-5-6-11(8-20)13-18-10(3)22-19-13/h11H,4-8H2,1-3H3,(H,16,17)/t11-/m1/s1. The summed E-state index contributed by atoms with van der Waals surface area (Å²) in [6.07, 6.45) is 1.93. The van der Waals surface area contributed by atoms with Crippen molar-refractivity contribution in [2.45, 2.75) is 39.5 Å². The number of amides is 1. The number of aryl methyl sites for hydroxylation is 2. The predicted octanol–water partition coefficient (Wildman–Crippen LogP) is 2.59. The van der Waals surface area contributed by atoms with E-state index in [0.29, 0.717) is 23.1 Å². The van der Waals surface area contributed by atoms with Gasteiger partial charge < -0.3 is 14.7 Å². The van der Waals surface area contributed by atoms with Crippen LogP contribution in [0.5, 0.6) is 0 Å². The van der Waals surface area contributed by atoms with Crippen molar-refractivity contribution in [1.29, 1.82) is 0 Å². The topological polar surface area (TPSA) is 84.2 Å². The highest BCUT2D eigenvalue weighted by molar-refractivity contribution is 7.17. The Labute approximate surface area is 139 Å². The number of nitrogens with zero attached hydrogens (tertiary/aromatic N) is 4. The number of piperidine rings is 1. The summed E-state index contributed by atoms with van der Waals surface area (Å²) in [4.78, 5) is 24.2. The fourth-order valence-electron chi connectivity index (χ4n) is 2.82. The first-order chi connectivity index (χ1) is 11.1. The van der Waals surface area contributed by atoms with Crippen molar-refractivity contribution in [3.05, 3.63) is 22.3 Å². The molecule has 0 radical (unpaired) electrons. The average molecular weight is 335 g/mol. The van der Waals surface area contributed by atoms with Crippen molar-refractivity contribution in [1.82, 2.24) is 20.0 Å². The van der Waals surface area contributed by atoms with Crippen LogP contribution in [-0.2, 0) is 0 Å². The largest absolute Gasteiger partial charge is 0.362 e. The summed E-state index contributed by atoms with van der Waals surface area (Å²) in [5, 5.41) is 7.98. The third kappa shape index (κ3) is 3.36. The zero-order chi connectivity index (χ0) is 16.4. The van der Waals surface area contributed by atoms with Crippen LogP contribution < -0.4 is 5.32 Å². The van der Waals surface area contributed by atoms with Gasteiger partial charge >= 0.3 is 0 Å². The molecule has 0 aliphatic carbocycles. The van der Waals surface area contributed by atoms with Crippen LogP contribution in [0.4, 0.5) is 5.13 Å². The van der Waals surface area contributed by atoms with E-state index in [0.717, 1.165) is 36.8 Å². The Bertz CT molecular complexity index is 696. The van der Waals surface area contributed by atoms with Gasteiger partial charge in [-0.2, -0.15) is 4.98 Å². The smallest absolute Gasteiger partial charge is 0.265 e. The maximum absolute atomic E-state index is 12.8. The molecular weight excluding hydrogens is 314 g/mol. The van der Waals surface area contributed by atoms with Gasteiger partial charge in [0.1, 0.15) is 4.88 Å². The molecule has 0 saturated carbocycles. The van der Waals surface area contributed by atoms with E-state index in [4.69, 9.17) is 4.52 Å². The molecule has 1 amide bonds. The van der Waals surface area contributed by atoms with Crippen molar-refractivity contribution < 1.29 is 9.32 Å². The molecule has 0 unspecified atom stereocenters. The highest BCUT2D eigenvalue weighted by Gasteiger charge is 2.30. The molecule has 7 nitrogen and oxygen atoms in total. The summed E-state index contributed by atoms with van der Waals surface area (Å²) >= 11 is 1.42. The molecule has 1 N–H and O–H groups in total. The number of carbonyl (C=O) groups is 1. The van der Waals surface area contributed by atoms with Crippen molar-refractivity contribution in [3.63, 3.8) is 0 Å². The summed E-state index contributed by atoms with van der Waals surface area (Å²) in [6, 6.07) is 0. The Morgan fingerprint density at radius 2 is 2.26 bits per heavy atom. The van der Waals surface area contributed by atoms with Crippen LogP contribution >= 0.6 is 11.3 Å². The molecule has 124 valence electrons. The van der Waals surface area contributed by atoms with E-state index in [1.165, 1.54) is 11.3 Å². The Morgan fingerprint density at radius 3 is 2.96 bits per heavy atom. The Morgan fingerprint density at radius 1 is 1.43 bits per heavy atom. The molecule has 3 heterocycles. The number of hydrogen-bond acceptors (Lipinski definition) is 7. The van der Waals surface area contributed by atoms with Crippen molar-refractivity contribution in [3.8, 4) is 0 Å². The second-order valence-corrected chi connectivity index (χ2v) is 6.72. The lowest BCUT2D eigenvalue weighted by molar-refractivity contribution is 0.0707. The highest BCUT2D eigenvalue weighted by Crippen LogP contribution is 2.29. The van der Waals surface area contributed by atoms with Gasteiger partial charge in [0.25, 0.3) is 5.91 Å². The van der Waals surface area contributed by atoms with Crippen LogP contribution in [0.3, 0.4) is 0 Å². The lowest BCUT2D eigenvalue weighted by Crippen LogP contribution is -2.39. The van der Waals surface area contributed by atoms with E-state index >= 15 is 0 Å². The second-order valence-electron chi connectivity index (χ2n) is 5.73. The van der Waals surface area contributed by atoms with Gasteiger partial charge in [-0.1, -0.05) is 16.5 Å². The normalized spacial score (nSPS) is 18.2. The summed E-state index contributed by atoms with van der Waals surface area (Å²) in [7, 11) is 0. The Kier molecular flexibility index (Phi) is 4.61. The average Bonchev–Trinajstić information content (AvgIpc) is 3.13. The van der Waals surface area contributed by atoms with Crippen LogP contribution in [0.25, 0.3) is 0 Å². The molecule has 3 rings (SSSR count). The molecule has 1 atom stereocenters. The van der Waals surface area contributed by atoms with Gasteiger partial charge in [0.05, 0.1) is 5.69 Å². The first kappa shape index (κ1) is 15.9. The molecule has 8 heteroatoms. The SMILES string of the molecule is CCNc1nc(C)c(C(=O)N2CCC[C@@H](c3noc(C)n3)C2)s1. The fourth-order valence-corrected chi connectivity index (χ4v) is 3.82. The van der Waals surface area contributed by atoms with E-state index in [-0.39, 0.29) is 11.8 Å². The minimum absolute atomic E-state index is 0.0501. The zero-order valence-corrected chi connectivity index (χ0v) is 14.4. The summed E-state index contributed by atoms with van der Waals surface area (Å²) in [5.41, 5.74) is 0.786. The third-order valence-electron chi connectivity index (χ3n) is 3.94. The van der Waals surface area contributed by atoms with Gasteiger partial charge in [-0.3, -0.25) is 4.79 Å². The molecule has 2 aromatic rings. The van der Waals surface area contributed by atoms with Crippen molar-refractivity contribution >= 4 is 22.4 Å². The number of hydrogen-bond donors (Lipinski definition) is 1. The van der Waals surface area contributed by atoms with Crippen LogP contribution in [0, 0.1) is 13.8 Å². The molecule has 1 aliphatic rings. The summed E-state index contributed by atoms with van der Waals surface area (Å²) < 4.78 is 5.07. The van der Waals surface area contributed by atoms with Gasteiger partial charge in [-0.05, 0) is 26.7 Å². The molecule has 1 saturated heterocycles. The number of carbonyl (C=O) groups excluding carboxylic acids is 1. The summed E-state index contributed by atoms with van der Waals surface area (Å²) in [6.45, 7) is 7.87. The number of thiazole rings is 1. The molecule has 2 aromatic heterocycles. The maximum Gasteiger partial charge on any atom is 0.265 e. The summed E-state index contributed by atoms with van der Waals surface area (Å²) in [5.74, 6) is 1.46. The molecule has 0 bridgehead atoms. The monoisotopic (exact) mass is 335 g/mol. The van der Waals surface area contributed by atoms with E-state index < -0.39 is 0 Å². The first-order valence-corrected chi connectivity index (χ1v) is 8.71. The minimum atomic E-state index is 0.0501. The van der Waals surface area contributed by atoms with Crippen LogP contribution in [-0.4, -0.2) is 45.6 Å². The van der Waals surface area contributed by atoms with Crippen LogP contribution in [0.2, 0.25) is 0 Å². The van der Waals surface area contributed by atoms with Crippen LogP contribution in [0.15, 0.2) is 4.52 Å². The Hall–Kier alpha value is -1.96. The number of anilines is 1. The fraction of sp³-hybridized carbons (Fsp3) is 0.600. The third-order valence-corrected chi connectivity index (χ3v) is 5.04. The van der Waals surface area contributed by atoms with E-state index in [1.807, 2.05) is 18.7 Å². The molecule has 1 aliphatic heterocycles. The van der Waals surface area contributed by atoms with Gasteiger partial charge in [0.15, 0.2) is 11.0 Å². The van der Waals surface area contributed by atoms with Crippen molar-refractivity contribution in [2.75, 3.05) is 25.0 Å². The van der Waals surface area contributed by atoms with Gasteiger partial charge in [0.2, 0.25) is 5.89 Å². The van der Waals surface area contributed by atoms with E-state index in [1.54, 1.807) is 6.92 Å². The van der Waals surface area contributed by atoms with Crippen molar-refractivity contribution in [2.24, 2.45) is 0 Å². The Balaban J connectivity index is 1.74. The van der Waals surface area contributed by atoms with Gasteiger partial charge in [-0.15, -0.1) is 0 Å². The number of likely N-dealkylation sites (tertiary alicyclic amines) is 1. The second kappa shape index (κ2) is 6.66. The van der Waals surface area contributed by atoms with Crippen LogP contribution in [0.1, 0.15) is 52.8 Å². The van der Waals surface area contributed by atoms with Gasteiger partial charge in [0, 0.05) is 32.5 Å². The van der Waals surface area contributed by atoms with Gasteiger partial charge in [-0.25, -0.2) is 4.98 Å². The molecule has 23 heavy (non-hydrogen) atoms. The lowest BCUT2D eigenvalue weighted by atomic mass is 9.97. The predicted molar refractivity (Wildman–Crippen MR) is 87.9 cm³/mol.